The molecule has 4 heteroatoms. The Labute approximate surface area is 129 Å². The monoisotopic (exact) mass is 293 g/mol. The van der Waals surface area contributed by atoms with E-state index in [1.807, 2.05) is 10.9 Å². The highest BCUT2D eigenvalue weighted by atomic mass is 16.5. The lowest BCUT2D eigenvalue weighted by Crippen LogP contribution is -2.55. The lowest BCUT2D eigenvalue weighted by atomic mass is 9.73. The highest BCUT2D eigenvalue weighted by Gasteiger charge is 2.42. The molecular formula is C17H31N3O. The van der Waals surface area contributed by atoms with E-state index in [-0.39, 0.29) is 5.60 Å². The van der Waals surface area contributed by atoms with Gasteiger partial charge in [0.15, 0.2) is 0 Å². The summed E-state index contributed by atoms with van der Waals surface area (Å²) in [4.78, 5) is 0. The van der Waals surface area contributed by atoms with Crippen LogP contribution < -0.4 is 5.32 Å². The molecule has 1 fully saturated rings. The Hall–Kier alpha value is -0.870. The standard InChI is InChI=1S/C17H31N3O/c1-5-20-13-15(12-19-20)10-16(18-4)17(21-6-2)9-7-8-14(3)11-17/h12-14,16,18H,5-11H2,1-4H3. The molecule has 0 radical (unpaired) electrons. The molecule has 1 aliphatic rings. The van der Waals surface area contributed by atoms with Gasteiger partial charge < -0.3 is 10.1 Å². The zero-order valence-corrected chi connectivity index (χ0v) is 14.1. The van der Waals surface area contributed by atoms with Crippen LogP contribution >= 0.6 is 0 Å². The van der Waals surface area contributed by atoms with E-state index < -0.39 is 0 Å². The molecule has 3 unspecified atom stereocenters. The summed E-state index contributed by atoms with van der Waals surface area (Å²) < 4.78 is 8.31. The van der Waals surface area contributed by atoms with Crippen LogP contribution in [0.15, 0.2) is 12.4 Å². The highest BCUT2D eigenvalue weighted by Crippen LogP contribution is 2.38. The maximum Gasteiger partial charge on any atom is 0.0840 e. The van der Waals surface area contributed by atoms with Crippen LogP contribution in [0.3, 0.4) is 0 Å². The molecule has 1 aliphatic carbocycles. The van der Waals surface area contributed by atoms with E-state index in [9.17, 15) is 0 Å². The van der Waals surface area contributed by atoms with E-state index in [4.69, 9.17) is 4.74 Å². The van der Waals surface area contributed by atoms with E-state index in [0.717, 1.165) is 31.9 Å². The van der Waals surface area contributed by atoms with E-state index in [1.165, 1.54) is 24.8 Å². The number of hydrogen-bond acceptors (Lipinski definition) is 3. The molecule has 0 aliphatic heterocycles. The number of nitrogens with one attached hydrogen (secondary N) is 1. The first-order valence-electron chi connectivity index (χ1n) is 8.46. The average Bonchev–Trinajstić information content (AvgIpc) is 2.92. The first-order chi connectivity index (χ1) is 10.1. The number of nitrogens with zero attached hydrogens (tertiary/aromatic N) is 2. The molecule has 1 aromatic rings. The fourth-order valence-corrected chi connectivity index (χ4v) is 3.85. The Bertz CT molecular complexity index is 427. The topological polar surface area (TPSA) is 39.1 Å². The van der Waals surface area contributed by atoms with Crippen LogP contribution in [0, 0.1) is 5.92 Å². The smallest absolute Gasteiger partial charge is 0.0840 e. The fourth-order valence-electron chi connectivity index (χ4n) is 3.85. The molecule has 1 heterocycles. The number of likely N-dealkylation sites (N-methyl/N-ethyl adjacent to an activating group) is 1. The first kappa shape index (κ1) is 16.5. The van der Waals surface area contributed by atoms with Crippen molar-refractivity contribution < 1.29 is 4.74 Å². The van der Waals surface area contributed by atoms with Gasteiger partial charge in [0, 0.05) is 25.4 Å². The molecule has 21 heavy (non-hydrogen) atoms. The summed E-state index contributed by atoms with van der Waals surface area (Å²) in [5.41, 5.74) is 1.28. The molecule has 1 N–H and O–H groups in total. The van der Waals surface area contributed by atoms with E-state index >= 15 is 0 Å². The lowest BCUT2D eigenvalue weighted by molar-refractivity contribution is -0.0988. The Morgan fingerprint density at radius 3 is 2.90 bits per heavy atom. The Morgan fingerprint density at radius 1 is 1.52 bits per heavy atom. The molecule has 0 aromatic carbocycles. The second-order valence-electron chi connectivity index (χ2n) is 6.45. The van der Waals surface area contributed by atoms with Gasteiger partial charge in [0.2, 0.25) is 0 Å². The maximum atomic E-state index is 6.31. The van der Waals surface area contributed by atoms with Crippen molar-refractivity contribution in [3.8, 4) is 0 Å². The van der Waals surface area contributed by atoms with Crippen molar-refractivity contribution in [2.75, 3.05) is 13.7 Å². The van der Waals surface area contributed by atoms with Gasteiger partial charge in [0.05, 0.1) is 11.8 Å². The van der Waals surface area contributed by atoms with Crippen molar-refractivity contribution in [3.63, 3.8) is 0 Å². The van der Waals surface area contributed by atoms with Crippen molar-refractivity contribution in [2.24, 2.45) is 5.92 Å². The summed E-state index contributed by atoms with van der Waals surface area (Å²) in [6, 6.07) is 0.356. The summed E-state index contributed by atoms with van der Waals surface area (Å²) in [6.07, 6.45) is 10.1. The third-order valence-electron chi connectivity index (χ3n) is 4.86. The minimum atomic E-state index is -0.0184. The summed E-state index contributed by atoms with van der Waals surface area (Å²) in [7, 11) is 2.06. The van der Waals surface area contributed by atoms with Crippen LogP contribution in [0.4, 0.5) is 0 Å². The van der Waals surface area contributed by atoms with E-state index in [2.05, 4.69) is 44.4 Å². The average molecular weight is 293 g/mol. The van der Waals surface area contributed by atoms with Crippen LogP contribution in [-0.2, 0) is 17.7 Å². The molecule has 1 saturated carbocycles. The van der Waals surface area contributed by atoms with Crippen molar-refractivity contribution in [1.29, 1.82) is 0 Å². The summed E-state index contributed by atoms with van der Waals surface area (Å²) in [5.74, 6) is 0.750. The van der Waals surface area contributed by atoms with Gasteiger partial charge in [0.25, 0.3) is 0 Å². The molecule has 0 saturated heterocycles. The van der Waals surface area contributed by atoms with Crippen molar-refractivity contribution in [3.05, 3.63) is 18.0 Å². The number of aromatic nitrogens is 2. The molecule has 1 aromatic heterocycles. The predicted molar refractivity (Wildman–Crippen MR) is 86.4 cm³/mol. The molecule has 0 spiro atoms. The molecule has 120 valence electrons. The molecular weight excluding hydrogens is 262 g/mol. The van der Waals surface area contributed by atoms with Gasteiger partial charge in [-0.2, -0.15) is 5.10 Å². The summed E-state index contributed by atoms with van der Waals surface area (Å²) >= 11 is 0. The molecule has 3 atom stereocenters. The number of aryl methyl sites for hydroxylation is 1. The minimum absolute atomic E-state index is 0.0184. The second kappa shape index (κ2) is 7.41. The number of ether oxygens (including phenoxy) is 1. The van der Waals surface area contributed by atoms with Crippen molar-refractivity contribution in [1.82, 2.24) is 15.1 Å². The normalized spacial score (nSPS) is 27.7. The zero-order valence-electron chi connectivity index (χ0n) is 14.1. The van der Waals surface area contributed by atoms with E-state index in [1.54, 1.807) is 0 Å². The van der Waals surface area contributed by atoms with Gasteiger partial charge in [-0.25, -0.2) is 0 Å². The lowest BCUT2D eigenvalue weighted by Gasteiger charge is -2.45. The first-order valence-corrected chi connectivity index (χ1v) is 8.46. The maximum absolute atomic E-state index is 6.31. The predicted octanol–water partition coefficient (Wildman–Crippen LogP) is 3.02. The van der Waals surface area contributed by atoms with Crippen molar-refractivity contribution in [2.45, 2.75) is 71.1 Å². The zero-order chi connectivity index (χ0) is 15.3. The number of hydrogen-bond donors (Lipinski definition) is 1. The van der Waals surface area contributed by atoms with Crippen LogP contribution in [0.2, 0.25) is 0 Å². The molecule has 4 nitrogen and oxygen atoms in total. The van der Waals surface area contributed by atoms with Gasteiger partial charge in [0.1, 0.15) is 0 Å². The van der Waals surface area contributed by atoms with Crippen molar-refractivity contribution >= 4 is 0 Å². The van der Waals surface area contributed by atoms with Crippen LogP contribution in [0.1, 0.15) is 52.0 Å². The third kappa shape index (κ3) is 3.86. The summed E-state index contributed by atoms with van der Waals surface area (Å²) in [6.45, 7) is 8.31. The van der Waals surface area contributed by atoms with Gasteiger partial charge in [-0.05, 0) is 51.6 Å². The number of rotatable bonds is 7. The van der Waals surface area contributed by atoms with Crippen LogP contribution in [0.25, 0.3) is 0 Å². The Morgan fingerprint density at radius 2 is 2.33 bits per heavy atom. The van der Waals surface area contributed by atoms with Gasteiger partial charge in [-0.15, -0.1) is 0 Å². The highest BCUT2D eigenvalue weighted by molar-refractivity contribution is 5.10. The van der Waals surface area contributed by atoms with Crippen LogP contribution in [-0.4, -0.2) is 35.1 Å². The molecule has 0 bridgehead atoms. The van der Waals surface area contributed by atoms with Gasteiger partial charge in [-0.3, -0.25) is 4.68 Å². The Kier molecular flexibility index (Phi) is 5.82. The van der Waals surface area contributed by atoms with Gasteiger partial charge >= 0.3 is 0 Å². The molecule has 0 amide bonds. The SMILES string of the molecule is CCOC1(C(Cc2cnn(CC)c2)NC)CCCC(C)C1. The Balaban J connectivity index is 2.14. The summed E-state index contributed by atoms with van der Waals surface area (Å²) in [5, 5.41) is 7.93. The fraction of sp³-hybridized carbons (Fsp3) is 0.824. The van der Waals surface area contributed by atoms with E-state index in [0.29, 0.717) is 6.04 Å². The largest absolute Gasteiger partial charge is 0.374 e. The molecule has 2 rings (SSSR count). The van der Waals surface area contributed by atoms with Gasteiger partial charge in [-0.1, -0.05) is 19.8 Å². The third-order valence-corrected chi connectivity index (χ3v) is 4.86. The quantitative estimate of drug-likeness (QED) is 0.840. The minimum Gasteiger partial charge on any atom is -0.374 e. The second-order valence-corrected chi connectivity index (χ2v) is 6.45. The van der Waals surface area contributed by atoms with Crippen LogP contribution in [0.5, 0.6) is 0 Å².